The van der Waals surface area contributed by atoms with Gasteiger partial charge in [-0.05, 0) is 0 Å². The Bertz CT molecular complexity index is 158. The molecule has 0 saturated carbocycles. The molecule has 1 aromatic carbocycles. The van der Waals surface area contributed by atoms with E-state index in [0.29, 0.717) is 0 Å². The second-order valence-electron chi connectivity index (χ2n) is 2.10. The molecule has 1 rings (SSSR count). The molecule has 0 fully saturated rings. The fraction of sp³-hybridized carbons (Fsp3) is 0.364. The third-order valence-electron chi connectivity index (χ3n) is 1.28. The van der Waals surface area contributed by atoms with Gasteiger partial charge in [0.15, 0.2) is 0 Å². The summed E-state index contributed by atoms with van der Waals surface area (Å²) in [6.07, 6.45) is 3.25. The van der Waals surface area contributed by atoms with Crippen LogP contribution in [0.4, 0.5) is 0 Å². The van der Waals surface area contributed by atoms with Crippen LogP contribution in [-0.4, -0.2) is 0 Å². The van der Waals surface area contributed by atoms with E-state index in [4.69, 9.17) is 0 Å². The minimum Gasteiger partial charge on any atom is -0.327 e. The zero-order chi connectivity index (χ0) is 8.53. The number of hydrogen-bond donors (Lipinski definition) is 0. The van der Waals surface area contributed by atoms with Gasteiger partial charge in [0.2, 0.25) is 0 Å². The summed E-state index contributed by atoms with van der Waals surface area (Å²) in [5.41, 5.74) is 1.39. The molecule has 65 valence electrons. The molecule has 0 aliphatic rings. The Labute approximate surface area is 102 Å². The molecule has 0 unspecified atom stereocenters. The third kappa shape index (κ3) is 7.00. The summed E-state index contributed by atoms with van der Waals surface area (Å²) in [5.74, 6) is 0. The van der Waals surface area contributed by atoms with Crippen molar-refractivity contribution in [3.8, 4) is 0 Å². The first-order valence-corrected chi connectivity index (χ1v) is 4.25. The van der Waals surface area contributed by atoms with Crippen LogP contribution in [-0.2, 0) is 39.1 Å². The van der Waals surface area contributed by atoms with Crippen LogP contribution in [0.1, 0.15) is 26.3 Å². The second-order valence-corrected chi connectivity index (χ2v) is 2.10. The molecule has 0 aromatic heterocycles. The molecule has 1 aromatic rings. The van der Waals surface area contributed by atoms with Crippen LogP contribution >= 0.6 is 0 Å². The van der Waals surface area contributed by atoms with Gasteiger partial charge in [-0.1, -0.05) is 49.7 Å². The Hall–Kier alpha value is 0.324. The van der Waals surface area contributed by atoms with Gasteiger partial charge in [-0.3, -0.25) is 0 Å². The van der Waals surface area contributed by atoms with E-state index in [1.54, 1.807) is 0 Å². The van der Waals surface area contributed by atoms with E-state index in [1.807, 2.05) is 19.9 Å². The molecule has 0 bridgehead atoms. The van der Waals surface area contributed by atoms with Crippen molar-refractivity contribution >= 4 is 0 Å². The van der Waals surface area contributed by atoms with Crippen molar-refractivity contribution < 1.29 is 32.7 Å². The summed E-state index contributed by atoms with van der Waals surface area (Å²) in [6.45, 7) is 6.08. The van der Waals surface area contributed by atoms with Crippen molar-refractivity contribution in [2.45, 2.75) is 27.2 Å². The largest absolute Gasteiger partial charge is 0.327 e. The predicted molar refractivity (Wildman–Crippen MR) is 51.5 cm³/mol. The third-order valence-corrected chi connectivity index (χ3v) is 1.28. The molecule has 0 amide bonds. The number of hydrogen-bond acceptors (Lipinski definition) is 0. The number of rotatable bonds is 2. The fourth-order valence-electron chi connectivity index (χ4n) is 0.850. The van der Waals surface area contributed by atoms with Gasteiger partial charge in [0, 0.05) is 32.7 Å². The first-order valence-electron chi connectivity index (χ1n) is 4.25. The summed E-state index contributed by atoms with van der Waals surface area (Å²) >= 11 is 0. The van der Waals surface area contributed by atoms with Gasteiger partial charge in [0.25, 0.3) is 0 Å². The van der Waals surface area contributed by atoms with Gasteiger partial charge < -0.3 is 6.42 Å². The van der Waals surface area contributed by atoms with Crippen LogP contribution in [0.5, 0.6) is 0 Å². The molecule has 0 heterocycles. The molecule has 0 aliphatic heterocycles. The van der Waals surface area contributed by atoms with Gasteiger partial charge in [-0.25, -0.2) is 0 Å². The van der Waals surface area contributed by atoms with Gasteiger partial charge >= 0.3 is 0 Å². The minimum atomic E-state index is 0. The maximum atomic E-state index is 2.16. The fourth-order valence-corrected chi connectivity index (χ4v) is 0.850. The first kappa shape index (κ1) is 14.8. The summed E-state index contributed by atoms with van der Waals surface area (Å²) in [6, 6.07) is 10.5. The van der Waals surface area contributed by atoms with E-state index in [9.17, 15) is 0 Å². The van der Waals surface area contributed by atoms with E-state index in [1.165, 1.54) is 5.56 Å². The second kappa shape index (κ2) is 11.3. The molecule has 1 heteroatoms. The van der Waals surface area contributed by atoms with Crippen LogP contribution in [0.25, 0.3) is 0 Å². The zero-order valence-corrected chi connectivity index (χ0v) is 11.1. The molecule has 1 radical (unpaired) electrons. The molecule has 0 aliphatic carbocycles. The summed E-state index contributed by atoms with van der Waals surface area (Å²) in [5, 5.41) is 0. The van der Waals surface area contributed by atoms with Crippen LogP contribution < -0.4 is 0 Å². The van der Waals surface area contributed by atoms with Crippen LogP contribution in [0, 0.1) is 6.42 Å². The van der Waals surface area contributed by atoms with Gasteiger partial charge in [0.1, 0.15) is 0 Å². The maximum Gasteiger partial charge on any atom is 0 e. The average molecular weight is 238 g/mol. The van der Waals surface area contributed by atoms with Crippen molar-refractivity contribution in [3.63, 3.8) is 0 Å². The van der Waals surface area contributed by atoms with E-state index < -0.39 is 0 Å². The molecule has 12 heavy (non-hydrogen) atoms. The van der Waals surface area contributed by atoms with Crippen molar-refractivity contribution in [1.29, 1.82) is 0 Å². The Morgan fingerprint density at radius 1 is 1.08 bits per heavy atom. The maximum absolute atomic E-state index is 2.16. The standard InChI is InChI=1S/C9H11.C2H6.Y/c1-2-6-9-7-4-3-5-8-9;1-2;/h2-5,7-8H,6H2,1H3;1-2H3;/q-1;;. The van der Waals surface area contributed by atoms with Crippen LogP contribution in [0.3, 0.4) is 0 Å². The predicted octanol–water partition coefficient (Wildman–Crippen LogP) is 3.48. The van der Waals surface area contributed by atoms with E-state index in [-0.39, 0.29) is 32.7 Å². The van der Waals surface area contributed by atoms with E-state index >= 15 is 0 Å². The van der Waals surface area contributed by atoms with Gasteiger partial charge in [0.05, 0.1) is 0 Å². The molecule has 0 atom stereocenters. The minimum absolute atomic E-state index is 0. The molecular weight excluding hydrogens is 221 g/mol. The SMILES string of the molecule is CC.C[CH-]Cc1ccccc1.[Y]. The summed E-state index contributed by atoms with van der Waals surface area (Å²) in [7, 11) is 0. The van der Waals surface area contributed by atoms with E-state index in [2.05, 4.69) is 37.6 Å². The Balaban J connectivity index is 0. The molecule has 0 spiro atoms. The van der Waals surface area contributed by atoms with Gasteiger partial charge in [-0.2, -0.15) is 13.3 Å². The molecule has 0 N–H and O–H groups in total. The van der Waals surface area contributed by atoms with E-state index in [0.717, 1.165) is 6.42 Å². The van der Waals surface area contributed by atoms with Crippen LogP contribution in [0.15, 0.2) is 30.3 Å². The Morgan fingerprint density at radius 3 is 2.00 bits per heavy atom. The quantitative estimate of drug-likeness (QED) is 0.692. The number of benzene rings is 1. The van der Waals surface area contributed by atoms with Crippen molar-refractivity contribution in [3.05, 3.63) is 42.3 Å². The van der Waals surface area contributed by atoms with Gasteiger partial charge in [-0.15, -0.1) is 0 Å². The topological polar surface area (TPSA) is 0 Å². The Kier molecular flexibility index (Phi) is 14.0. The first-order chi connectivity index (χ1) is 5.43. The van der Waals surface area contributed by atoms with Crippen molar-refractivity contribution in [1.82, 2.24) is 0 Å². The summed E-state index contributed by atoms with van der Waals surface area (Å²) in [4.78, 5) is 0. The molecule has 0 nitrogen and oxygen atoms in total. The molecular formula is C11H17Y-. The van der Waals surface area contributed by atoms with Crippen LogP contribution in [0.2, 0.25) is 0 Å². The Morgan fingerprint density at radius 2 is 1.58 bits per heavy atom. The summed E-state index contributed by atoms with van der Waals surface area (Å²) < 4.78 is 0. The monoisotopic (exact) mass is 238 g/mol. The normalized spacial score (nSPS) is 7.58. The molecule has 0 saturated heterocycles. The zero-order valence-electron chi connectivity index (χ0n) is 8.25. The van der Waals surface area contributed by atoms with Crippen molar-refractivity contribution in [2.24, 2.45) is 0 Å². The smallest absolute Gasteiger partial charge is 0 e. The average Bonchev–Trinajstić information content (AvgIpc) is 2.11. The van der Waals surface area contributed by atoms with Crippen molar-refractivity contribution in [2.75, 3.05) is 0 Å².